The van der Waals surface area contributed by atoms with E-state index in [0.717, 1.165) is 0 Å². The lowest BCUT2D eigenvalue weighted by molar-refractivity contribution is -0.144. The fraction of sp³-hybridized carbons (Fsp3) is 0.400. The molecule has 35 heavy (non-hydrogen) atoms. The number of methoxy groups -OCH3 is 2. The molecule has 0 aliphatic carbocycles. The Kier molecular flexibility index (Phi) is 6.99. The summed E-state index contributed by atoms with van der Waals surface area (Å²) >= 11 is 0. The van der Waals surface area contributed by atoms with Crippen LogP contribution in [-0.4, -0.2) is 51.0 Å². The summed E-state index contributed by atoms with van der Waals surface area (Å²) in [4.78, 5) is 38.5. The summed E-state index contributed by atoms with van der Waals surface area (Å²) in [5.41, 5.74) is 0.785. The number of benzene rings is 2. The average Bonchev–Trinajstić information content (AvgIpc) is 3.35. The Morgan fingerprint density at radius 1 is 1.09 bits per heavy atom. The zero-order valence-electron chi connectivity index (χ0n) is 19.9. The molecule has 4 rings (SSSR count). The molecule has 0 spiro atoms. The van der Waals surface area contributed by atoms with E-state index in [1.165, 1.54) is 14.2 Å². The molecular weight excluding hydrogens is 458 g/mol. The lowest BCUT2D eigenvalue weighted by Gasteiger charge is -2.33. The quantitative estimate of drug-likeness (QED) is 0.589. The molecule has 2 aromatic carbocycles. The predicted molar refractivity (Wildman–Crippen MR) is 122 cm³/mol. The van der Waals surface area contributed by atoms with E-state index >= 15 is 0 Å². The highest BCUT2D eigenvalue weighted by molar-refractivity contribution is 6.04. The van der Waals surface area contributed by atoms with Gasteiger partial charge >= 0.3 is 12.1 Å². The first kappa shape index (κ1) is 24.2. The summed E-state index contributed by atoms with van der Waals surface area (Å²) < 4.78 is 32.6. The molecule has 10 nitrogen and oxygen atoms in total. The number of carbonyl (C=O) groups excluding carboxylic acids is 3. The average molecular weight is 485 g/mol. The maximum absolute atomic E-state index is 13.5. The van der Waals surface area contributed by atoms with Gasteiger partial charge in [-0.15, -0.1) is 0 Å². The van der Waals surface area contributed by atoms with Gasteiger partial charge in [-0.2, -0.15) is 0 Å². The first-order chi connectivity index (χ1) is 16.9. The van der Waals surface area contributed by atoms with E-state index in [0.29, 0.717) is 35.0 Å². The lowest BCUT2D eigenvalue weighted by atomic mass is 9.93. The van der Waals surface area contributed by atoms with Crippen molar-refractivity contribution in [2.75, 3.05) is 21.0 Å². The standard InChI is InChI=1S/C25H27NO9/c1-5-13(2)20(24(28)31-4)26-25(29)35-23-21(27)16-8-7-15(30-3)11-18(16)34-22(23)14-6-9-17-19(10-14)33-12-32-17/h6-11,13,20,22-23H,5,12H2,1-4H3,(H,26,29)/t13-,20+,22-,23?/m0/s1. The van der Waals surface area contributed by atoms with Crippen molar-refractivity contribution >= 4 is 17.8 Å². The molecule has 0 saturated carbocycles. The van der Waals surface area contributed by atoms with E-state index in [1.54, 1.807) is 43.3 Å². The number of fused-ring (bicyclic) bond motifs is 2. The minimum absolute atomic E-state index is 0.0795. The molecule has 10 heteroatoms. The van der Waals surface area contributed by atoms with Gasteiger partial charge in [-0.25, -0.2) is 9.59 Å². The van der Waals surface area contributed by atoms with E-state index < -0.39 is 36.1 Å². The van der Waals surface area contributed by atoms with E-state index in [4.69, 9.17) is 28.4 Å². The van der Waals surface area contributed by atoms with Crippen molar-refractivity contribution in [3.05, 3.63) is 47.5 Å². The molecule has 4 atom stereocenters. The zero-order chi connectivity index (χ0) is 25.1. The van der Waals surface area contributed by atoms with Crippen LogP contribution in [0.15, 0.2) is 36.4 Å². The van der Waals surface area contributed by atoms with Gasteiger partial charge in [0.2, 0.25) is 18.7 Å². The molecule has 0 saturated heterocycles. The number of carbonyl (C=O) groups is 3. The van der Waals surface area contributed by atoms with Crippen molar-refractivity contribution in [3.8, 4) is 23.0 Å². The summed E-state index contributed by atoms with van der Waals surface area (Å²) in [6.07, 6.45) is -2.64. The largest absolute Gasteiger partial charge is 0.497 e. The molecule has 1 N–H and O–H groups in total. The number of alkyl carbamates (subject to hydrolysis) is 1. The van der Waals surface area contributed by atoms with E-state index in [2.05, 4.69) is 5.32 Å². The van der Waals surface area contributed by atoms with Gasteiger partial charge in [-0.1, -0.05) is 26.3 Å². The number of esters is 1. The van der Waals surface area contributed by atoms with Gasteiger partial charge in [-0.3, -0.25) is 4.79 Å². The molecule has 0 fully saturated rings. The van der Waals surface area contributed by atoms with Gasteiger partial charge in [0.05, 0.1) is 19.8 Å². The van der Waals surface area contributed by atoms with Gasteiger partial charge in [-0.05, 0) is 30.2 Å². The molecule has 2 heterocycles. The highest BCUT2D eigenvalue weighted by Gasteiger charge is 2.42. The summed E-state index contributed by atoms with van der Waals surface area (Å²) in [5.74, 6) is 0.573. The number of ketones is 1. The Hall–Kier alpha value is -3.95. The summed E-state index contributed by atoms with van der Waals surface area (Å²) in [7, 11) is 2.75. The minimum Gasteiger partial charge on any atom is -0.497 e. The molecule has 0 bridgehead atoms. The van der Waals surface area contributed by atoms with Crippen LogP contribution in [0, 0.1) is 5.92 Å². The zero-order valence-corrected chi connectivity index (χ0v) is 19.9. The predicted octanol–water partition coefficient (Wildman–Crippen LogP) is 3.42. The minimum atomic E-state index is -1.33. The van der Waals surface area contributed by atoms with Crippen molar-refractivity contribution in [2.45, 2.75) is 38.5 Å². The Bertz CT molecular complexity index is 1130. The number of nitrogens with one attached hydrogen (secondary N) is 1. The van der Waals surface area contributed by atoms with Crippen molar-refractivity contribution in [1.82, 2.24) is 5.32 Å². The van der Waals surface area contributed by atoms with Crippen LogP contribution < -0.4 is 24.3 Å². The fourth-order valence-corrected chi connectivity index (χ4v) is 3.94. The van der Waals surface area contributed by atoms with Crippen LogP contribution in [0.4, 0.5) is 4.79 Å². The number of hydrogen-bond donors (Lipinski definition) is 1. The normalized spacial score (nSPS) is 19.6. The Balaban J connectivity index is 1.65. The van der Waals surface area contributed by atoms with Crippen LogP contribution in [0.25, 0.3) is 0 Å². The Morgan fingerprint density at radius 3 is 2.57 bits per heavy atom. The van der Waals surface area contributed by atoms with Gasteiger partial charge in [0, 0.05) is 11.6 Å². The van der Waals surface area contributed by atoms with Crippen LogP contribution in [-0.2, 0) is 14.3 Å². The molecule has 1 unspecified atom stereocenters. The number of amides is 1. The summed E-state index contributed by atoms with van der Waals surface area (Å²) in [6, 6.07) is 8.92. The molecule has 0 radical (unpaired) electrons. The molecule has 2 aliphatic heterocycles. The Morgan fingerprint density at radius 2 is 1.86 bits per heavy atom. The van der Waals surface area contributed by atoms with Crippen LogP contribution in [0.2, 0.25) is 0 Å². The van der Waals surface area contributed by atoms with E-state index in [-0.39, 0.29) is 18.3 Å². The number of hydrogen-bond acceptors (Lipinski definition) is 9. The van der Waals surface area contributed by atoms with Gasteiger partial charge in [0.15, 0.2) is 17.6 Å². The van der Waals surface area contributed by atoms with Gasteiger partial charge in [0.25, 0.3) is 0 Å². The highest BCUT2D eigenvalue weighted by Crippen LogP contribution is 2.41. The maximum atomic E-state index is 13.5. The first-order valence-corrected chi connectivity index (χ1v) is 11.2. The van der Waals surface area contributed by atoms with Gasteiger partial charge in [0.1, 0.15) is 17.5 Å². The smallest absolute Gasteiger partial charge is 0.408 e. The van der Waals surface area contributed by atoms with E-state index in [9.17, 15) is 14.4 Å². The number of ether oxygens (including phenoxy) is 6. The molecular formula is C25H27NO9. The molecule has 1 amide bonds. The monoisotopic (exact) mass is 485 g/mol. The maximum Gasteiger partial charge on any atom is 0.408 e. The third-order valence-electron chi connectivity index (χ3n) is 6.14. The van der Waals surface area contributed by atoms with Crippen molar-refractivity contribution in [3.63, 3.8) is 0 Å². The molecule has 2 aromatic rings. The SMILES string of the molecule is CC[C@H](C)[C@@H](NC(=O)OC1C(=O)c2ccc(OC)cc2O[C@H]1c1ccc2c(c1)OCO2)C(=O)OC. The van der Waals surface area contributed by atoms with Crippen LogP contribution in [0.5, 0.6) is 23.0 Å². The summed E-state index contributed by atoms with van der Waals surface area (Å²) in [5, 5.41) is 2.53. The van der Waals surface area contributed by atoms with Crippen LogP contribution in [0.1, 0.15) is 42.3 Å². The second-order valence-electron chi connectivity index (χ2n) is 8.23. The van der Waals surface area contributed by atoms with Crippen molar-refractivity contribution < 1.29 is 42.8 Å². The lowest BCUT2D eigenvalue weighted by Crippen LogP contribution is -2.49. The van der Waals surface area contributed by atoms with Crippen LogP contribution >= 0.6 is 0 Å². The molecule has 0 aromatic heterocycles. The second-order valence-corrected chi connectivity index (χ2v) is 8.23. The third kappa shape index (κ3) is 4.82. The van der Waals surface area contributed by atoms with Gasteiger partial charge < -0.3 is 33.7 Å². The fourth-order valence-electron chi connectivity index (χ4n) is 3.94. The number of Topliss-reactive ketones (excluding diaryl/α,β-unsaturated/α-hetero) is 1. The van der Waals surface area contributed by atoms with Crippen molar-refractivity contribution in [2.24, 2.45) is 5.92 Å². The Labute approximate surface area is 202 Å². The van der Waals surface area contributed by atoms with Crippen molar-refractivity contribution in [1.29, 1.82) is 0 Å². The number of rotatable bonds is 7. The molecule has 186 valence electrons. The molecule has 2 aliphatic rings. The van der Waals surface area contributed by atoms with E-state index in [1.807, 2.05) is 6.92 Å². The van der Waals surface area contributed by atoms with Crippen LogP contribution in [0.3, 0.4) is 0 Å². The summed E-state index contributed by atoms with van der Waals surface area (Å²) in [6.45, 7) is 3.76. The topological polar surface area (TPSA) is 119 Å². The highest BCUT2D eigenvalue weighted by atomic mass is 16.7. The second kappa shape index (κ2) is 10.1. The first-order valence-electron chi connectivity index (χ1n) is 11.2. The third-order valence-corrected chi connectivity index (χ3v) is 6.14.